The van der Waals surface area contributed by atoms with Gasteiger partial charge >= 0.3 is 37.4 Å². The van der Waals surface area contributed by atoms with Gasteiger partial charge in [0.2, 0.25) is 0 Å². The maximum Gasteiger partial charge on any atom is 1.00 e. The van der Waals surface area contributed by atoms with Gasteiger partial charge in [0.1, 0.15) is 54.6 Å². The number of hydrogen-bond donors (Lipinski definition) is 8. The van der Waals surface area contributed by atoms with Crippen molar-refractivity contribution in [1.29, 1.82) is 0 Å². The summed E-state index contributed by atoms with van der Waals surface area (Å²) in [6, 6.07) is 4.05. The predicted octanol–water partition coefficient (Wildman–Crippen LogP) is -6.28. The van der Waals surface area contributed by atoms with Crippen molar-refractivity contribution < 1.29 is 103 Å². The van der Waals surface area contributed by atoms with E-state index in [0.29, 0.717) is 0 Å². The van der Waals surface area contributed by atoms with E-state index in [1.165, 1.54) is 0 Å². The van der Waals surface area contributed by atoms with Crippen LogP contribution in [0.25, 0.3) is 0 Å². The van der Waals surface area contributed by atoms with E-state index in [2.05, 4.69) is 0 Å². The number of rotatable bonds is 9. The Morgan fingerprint density at radius 1 is 0.865 bits per heavy atom. The standard InChI is InChI=1S/C18H26NO16P.Na/c20-5-9-11(21)14(24)16(26)18(33-9)35-36(30,34-8-3-1-7(2-4-8)19(28)29)31-6-10-12(22)13(23)15(25)17(27)32-10;/h1-4,9-18,20-27H,5-6H2;/q;+1/t9-,10-,11+,12-,13+,14+,15+,16-,17+,18-,36?;/m1./s1. The van der Waals surface area contributed by atoms with Crippen molar-refractivity contribution in [2.75, 3.05) is 13.2 Å². The second kappa shape index (κ2) is 13.5. The Morgan fingerprint density at radius 3 is 2.00 bits per heavy atom. The molecule has 0 amide bonds. The summed E-state index contributed by atoms with van der Waals surface area (Å²) < 4.78 is 39.0. The molecule has 0 radical (unpaired) electrons. The number of nitrogens with zero attached hydrogens (tertiary/aromatic N) is 1. The second-order valence-electron chi connectivity index (χ2n) is 7.92. The molecule has 0 saturated carbocycles. The summed E-state index contributed by atoms with van der Waals surface area (Å²) >= 11 is 0. The van der Waals surface area contributed by atoms with E-state index in [0.717, 1.165) is 24.3 Å². The minimum absolute atomic E-state index is 0. The normalized spacial score (nSPS) is 37.7. The predicted molar refractivity (Wildman–Crippen MR) is 111 cm³/mol. The molecular formula is C18H26NNaO16P+. The fraction of sp³-hybridized carbons (Fsp3) is 0.667. The first-order chi connectivity index (χ1) is 16.9. The minimum atomic E-state index is -4.96. The Labute approximate surface area is 230 Å². The number of nitro groups is 1. The molecular weight excluding hydrogens is 540 g/mol. The van der Waals surface area contributed by atoms with Crippen molar-refractivity contribution in [3.05, 3.63) is 34.4 Å². The number of nitro benzene ring substituents is 1. The number of benzene rings is 1. The molecule has 1 unspecified atom stereocenters. The van der Waals surface area contributed by atoms with E-state index in [1.54, 1.807) is 0 Å². The van der Waals surface area contributed by atoms with Gasteiger partial charge < -0.3 is 54.8 Å². The Hall–Kier alpha value is -0.830. The fourth-order valence-electron chi connectivity index (χ4n) is 3.35. The average molecular weight is 566 g/mol. The third-order valence-electron chi connectivity index (χ3n) is 5.43. The number of hydrogen-bond acceptors (Lipinski definition) is 16. The molecule has 2 fully saturated rings. The van der Waals surface area contributed by atoms with Crippen LogP contribution >= 0.6 is 7.82 Å². The quantitative estimate of drug-likeness (QED) is 0.0598. The van der Waals surface area contributed by atoms with Crippen LogP contribution in [0.2, 0.25) is 0 Å². The zero-order valence-corrected chi connectivity index (χ0v) is 22.1. The van der Waals surface area contributed by atoms with Gasteiger partial charge in [-0.2, -0.15) is 0 Å². The van der Waals surface area contributed by atoms with Crippen LogP contribution in [-0.4, -0.2) is 120 Å². The third kappa shape index (κ3) is 7.64. The molecule has 3 rings (SSSR count). The molecule has 2 saturated heterocycles. The third-order valence-corrected chi connectivity index (χ3v) is 6.80. The summed E-state index contributed by atoms with van der Waals surface area (Å²) in [6.07, 6.45) is -18.2. The molecule has 0 aromatic heterocycles. The van der Waals surface area contributed by atoms with E-state index in [4.69, 9.17) is 23.0 Å². The van der Waals surface area contributed by atoms with Gasteiger partial charge in [0.25, 0.3) is 5.69 Å². The SMILES string of the molecule is O=[N+]([O-])c1ccc(OP(=O)(OC[C@H]2O[C@H](O)[C@@H](O)[C@@H](O)[C@@H]2O)O[C@H]2O[C@H](CO)[C@H](O)[C@H](O)[C@H]2O)cc1.[Na+]. The maximum absolute atomic E-state index is 13.5. The zero-order valence-electron chi connectivity index (χ0n) is 19.2. The van der Waals surface area contributed by atoms with Gasteiger partial charge in [-0.05, 0) is 12.1 Å². The van der Waals surface area contributed by atoms with Gasteiger partial charge in [-0.3, -0.25) is 14.6 Å². The van der Waals surface area contributed by atoms with Crippen LogP contribution in [0.1, 0.15) is 0 Å². The number of aliphatic hydroxyl groups excluding tert-OH is 8. The van der Waals surface area contributed by atoms with Crippen molar-refractivity contribution in [3.8, 4) is 5.75 Å². The van der Waals surface area contributed by atoms with Crippen LogP contribution in [0.3, 0.4) is 0 Å². The van der Waals surface area contributed by atoms with Gasteiger partial charge in [0.15, 0.2) is 12.6 Å². The molecule has 8 N–H and O–H groups in total. The van der Waals surface area contributed by atoms with Crippen molar-refractivity contribution >= 4 is 13.5 Å². The van der Waals surface area contributed by atoms with Crippen molar-refractivity contribution in [1.82, 2.24) is 0 Å². The maximum atomic E-state index is 13.5. The van der Waals surface area contributed by atoms with Gasteiger partial charge in [0, 0.05) is 12.1 Å². The molecule has 1 aromatic carbocycles. The number of phosphoric acid groups is 1. The molecule has 19 heteroatoms. The monoisotopic (exact) mass is 566 g/mol. The van der Waals surface area contributed by atoms with Crippen molar-refractivity contribution in [3.63, 3.8) is 0 Å². The van der Waals surface area contributed by atoms with Crippen LogP contribution in [0.15, 0.2) is 24.3 Å². The second-order valence-corrected chi connectivity index (χ2v) is 9.47. The molecule has 2 aliphatic rings. The average Bonchev–Trinajstić information content (AvgIpc) is 2.84. The molecule has 2 aliphatic heterocycles. The minimum Gasteiger partial charge on any atom is -0.404 e. The van der Waals surface area contributed by atoms with Crippen LogP contribution in [0.4, 0.5) is 5.69 Å². The smallest absolute Gasteiger partial charge is 0.404 e. The van der Waals surface area contributed by atoms with E-state index in [9.17, 15) is 55.5 Å². The molecule has 0 bridgehead atoms. The Bertz CT molecular complexity index is 939. The first-order valence-electron chi connectivity index (χ1n) is 10.4. The van der Waals surface area contributed by atoms with Gasteiger partial charge in [-0.15, -0.1) is 0 Å². The van der Waals surface area contributed by atoms with Crippen molar-refractivity contribution in [2.24, 2.45) is 0 Å². The molecule has 11 atom stereocenters. The summed E-state index contributed by atoms with van der Waals surface area (Å²) in [6.45, 7) is -1.73. The number of phosphoric ester groups is 1. The van der Waals surface area contributed by atoms with Gasteiger partial charge in [-0.1, -0.05) is 0 Å². The molecule has 37 heavy (non-hydrogen) atoms. The zero-order chi connectivity index (χ0) is 26.8. The van der Waals surface area contributed by atoms with Gasteiger partial charge in [0.05, 0.1) is 18.1 Å². The summed E-state index contributed by atoms with van der Waals surface area (Å²) in [5.74, 6) is -0.297. The number of aliphatic hydroxyl groups is 8. The van der Waals surface area contributed by atoms with Crippen molar-refractivity contribution in [2.45, 2.75) is 61.4 Å². The number of ether oxygens (including phenoxy) is 2. The Morgan fingerprint density at radius 2 is 1.43 bits per heavy atom. The summed E-state index contributed by atoms with van der Waals surface area (Å²) in [4.78, 5) is 10.1. The van der Waals surface area contributed by atoms with E-state index in [1.807, 2.05) is 0 Å². The topological polar surface area (TPSA) is 268 Å². The number of non-ortho nitro benzene ring substituents is 1. The van der Waals surface area contributed by atoms with Crippen LogP contribution in [-0.2, 0) is 23.1 Å². The fourth-order valence-corrected chi connectivity index (χ4v) is 4.65. The first kappa shape index (κ1) is 32.4. The summed E-state index contributed by atoms with van der Waals surface area (Å²) in [5.41, 5.74) is -0.340. The molecule has 17 nitrogen and oxygen atoms in total. The largest absolute Gasteiger partial charge is 1.00 e. The molecule has 0 spiro atoms. The summed E-state index contributed by atoms with van der Waals surface area (Å²) in [5, 5.41) is 89.4. The van der Waals surface area contributed by atoms with Crippen LogP contribution < -0.4 is 34.1 Å². The Balaban J connectivity index is 0.00000481. The molecule has 0 aliphatic carbocycles. The van der Waals surface area contributed by atoms with Crippen LogP contribution in [0, 0.1) is 10.1 Å². The van der Waals surface area contributed by atoms with Gasteiger partial charge in [-0.25, -0.2) is 9.09 Å². The molecule has 204 valence electrons. The van der Waals surface area contributed by atoms with E-state index in [-0.39, 0.29) is 41.0 Å². The van der Waals surface area contributed by atoms with E-state index < -0.39 is 87.4 Å². The van der Waals surface area contributed by atoms with Crippen LogP contribution in [0.5, 0.6) is 5.75 Å². The molecule has 1 aromatic rings. The Kier molecular flexibility index (Phi) is 11.8. The van der Waals surface area contributed by atoms with E-state index >= 15 is 0 Å². The summed E-state index contributed by atoms with van der Waals surface area (Å²) in [7, 11) is -4.96. The molecule has 2 heterocycles. The first-order valence-corrected chi connectivity index (χ1v) is 11.9.